The van der Waals surface area contributed by atoms with Crippen LogP contribution < -0.4 is 48.3 Å². The molecule has 236 valence electrons. The van der Waals surface area contributed by atoms with E-state index in [1.165, 1.54) is 12.1 Å². The van der Waals surface area contributed by atoms with Gasteiger partial charge in [-0.05, 0) is 24.1 Å². The van der Waals surface area contributed by atoms with Crippen molar-refractivity contribution in [3.8, 4) is 5.75 Å². The lowest BCUT2D eigenvalue weighted by atomic mass is 9.97. The summed E-state index contributed by atoms with van der Waals surface area (Å²) in [4.78, 5) is 37.3. The predicted molar refractivity (Wildman–Crippen MR) is 160 cm³/mol. The van der Waals surface area contributed by atoms with Crippen LogP contribution in [-0.4, -0.2) is 124 Å². The zero-order valence-corrected chi connectivity index (χ0v) is 24.4. The van der Waals surface area contributed by atoms with Gasteiger partial charge in [-0.2, -0.15) is 0 Å². The van der Waals surface area contributed by atoms with Gasteiger partial charge in [0.2, 0.25) is 11.8 Å². The Hall–Kier alpha value is -2.85. The molecule has 2 amide bonds. The third kappa shape index (κ3) is 12.2. The van der Waals surface area contributed by atoms with E-state index in [9.17, 15) is 24.6 Å². The number of aromatic hydroxyl groups is 1. The van der Waals surface area contributed by atoms with Crippen molar-refractivity contribution in [3.05, 3.63) is 29.8 Å². The van der Waals surface area contributed by atoms with Crippen molar-refractivity contribution in [1.82, 2.24) is 42.5 Å². The van der Waals surface area contributed by atoms with E-state index in [0.29, 0.717) is 64.5 Å². The Morgan fingerprint density at radius 3 is 1.69 bits per heavy atom. The summed E-state index contributed by atoms with van der Waals surface area (Å²) in [6.45, 7) is 8.03. The van der Waals surface area contributed by atoms with Crippen LogP contribution in [0.5, 0.6) is 5.75 Å². The Bertz CT molecular complexity index is 951. The van der Waals surface area contributed by atoms with Crippen LogP contribution in [0.4, 0.5) is 0 Å². The van der Waals surface area contributed by atoms with Crippen LogP contribution in [0.2, 0.25) is 0 Å². The van der Waals surface area contributed by atoms with Gasteiger partial charge in [0.05, 0.1) is 11.1 Å². The van der Waals surface area contributed by atoms with E-state index in [2.05, 4.69) is 42.5 Å². The van der Waals surface area contributed by atoms with Gasteiger partial charge in [0.1, 0.15) is 11.8 Å². The summed E-state index contributed by atoms with van der Waals surface area (Å²) < 4.78 is 0. The summed E-state index contributed by atoms with van der Waals surface area (Å²) in [7, 11) is 0. The largest absolute Gasteiger partial charge is 0.508 e. The quantitative estimate of drug-likeness (QED) is 0.137. The Balaban J connectivity index is 1.54. The molecule has 3 aliphatic rings. The lowest BCUT2D eigenvalue weighted by Gasteiger charge is -2.37. The number of phenols is 1. The summed E-state index contributed by atoms with van der Waals surface area (Å²) in [5.41, 5.74) is 6.34. The molecule has 3 saturated heterocycles. The second kappa shape index (κ2) is 17.3. The van der Waals surface area contributed by atoms with Crippen LogP contribution in [0.15, 0.2) is 24.3 Å². The number of carbonyl (C=O) groups is 3. The first-order chi connectivity index (χ1) is 20.2. The second-order valence-electron chi connectivity index (χ2n) is 11.4. The number of carboxylic acids is 1. The molecule has 0 spiro atoms. The molecule has 0 saturated carbocycles. The first kappa shape index (κ1) is 33.6. The van der Waals surface area contributed by atoms with E-state index in [4.69, 9.17) is 5.73 Å². The number of phenolic OH excluding ortho intramolecular Hbond substituents is 1. The number of benzene rings is 1. The third-order valence-corrected chi connectivity index (χ3v) is 7.48. The van der Waals surface area contributed by atoms with Crippen LogP contribution in [0.25, 0.3) is 0 Å². The van der Waals surface area contributed by atoms with Crippen LogP contribution >= 0.6 is 0 Å². The molecule has 1 unspecified atom stereocenters. The van der Waals surface area contributed by atoms with Gasteiger partial charge in [-0.15, -0.1) is 0 Å². The SMILES string of the molecule is N[C@]12CNCCNC[C@](NC(=O)CCCC(=O)NC(Cc3ccc(O)cc3)C(=O)O)(CNCCNC1)CNCCNC2. The van der Waals surface area contributed by atoms with Gasteiger partial charge in [-0.25, -0.2) is 4.79 Å². The first-order valence-corrected chi connectivity index (χ1v) is 14.8. The predicted octanol–water partition coefficient (Wildman–Crippen LogP) is -3.21. The van der Waals surface area contributed by atoms with Crippen molar-refractivity contribution in [2.45, 2.75) is 42.8 Å². The van der Waals surface area contributed by atoms with Gasteiger partial charge in [0.15, 0.2) is 0 Å². The number of rotatable bonds is 9. The maximum absolute atomic E-state index is 13.1. The molecular formula is C28H49N9O5. The number of hydrogen-bond donors (Lipinski definition) is 11. The van der Waals surface area contributed by atoms with Gasteiger partial charge in [-0.3, -0.25) is 9.59 Å². The van der Waals surface area contributed by atoms with E-state index in [0.717, 1.165) is 19.6 Å². The van der Waals surface area contributed by atoms with Crippen molar-refractivity contribution >= 4 is 17.8 Å². The van der Waals surface area contributed by atoms with Crippen LogP contribution in [0.1, 0.15) is 24.8 Å². The number of fused-ring (bicyclic) bond motifs is 15. The monoisotopic (exact) mass is 591 g/mol. The van der Waals surface area contributed by atoms with Crippen LogP contribution in [0, 0.1) is 0 Å². The molecule has 4 rings (SSSR count). The van der Waals surface area contributed by atoms with Gasteiger partial charge < -0.3 is 58.5 Å². The van der Waals surface area contributed by atoms with Crippen LogP contribution in [-0.2, 0) is 20.8 Å². The fraction of sp³-hybridized carbons (Fsp3) is 0.679. The molecule has 3 fully saturated rings. The van der Waals surface area contributed by atoms with Crippen molar-refractivity contribution in [3.63, 3.8) is 0 Å². The number of aliphatic carboxylic acids is 1. The number of amides is 2. The molecule has 0 aromatic heterocycles. The third-order valence-electron chi connectivity index (χ3n) is 7.48. The smallest absolute Gasteiger partial charge is 0.326 e. The van der Waals surface area contributed by atoms with E-state index in [1.807, 2.05) is 0 Å². The maximum Gasteiger partial charge on any atom is 0.326 e. The minimum Gasteiger partial charge on any atom is -0.508 e. The fourth-order valence-corrected chi connectivity index (χ4v) is 5.13. The van der Waals surface area contributed by atoms with E-state index < -0.39 is 29.0 Å². The lowest BCUT2D eigenvalue weighted by molar-refractivity contribution is -0.141. The van der Waals surface area contributed by atoms with Crippen molar-refractivity contribution in [2.24, 2.45) is 5.73 Å². The fourth-order valence-electron chi connectivity index (χ4n) is 5.13. The van der Waals surface area contributed by atoms with Crippen molar-refractivity contribution in [2.75, 3.05) is 78.5 Å². The van der Waals surface area contributed by atoms with Gasteiger partial charge in [0.25, 0.3) is 0 Å². The summed E-state index contributed by atoms with van der Waals surface area (Å²) in [6, 6.07) is 5.07. The summed E-state index contributed by atoms with van der Waals surface area (Å²) in [5.74, 6) is -1.66. The Morgan fingerprint density at radius 1 is 0.762 bits per heavy atom. The number of carboxylic acid groups (broad SMARTS) is 1. The van der Waals surface area contributed by atoms with Crippen molar-refractivity contribution < 1.29 is 24.6 Å². The maximum atomic E-state index is 13.1. The van der Waals surface area contributed by atoms with Gasteiger partial charge >= 0.3 is 5.97 Å². The minimum absolute atomic E-state index is 0.0279. The van der Waals surface area contributed by atoms with Crippen molar-refractivity contribution in [1.29, 1.82) is 0 Å². The van der Waals surface area contributed by atoms with E-state index in [-0.39, 0.29) is 37.3 Å². The zero-order chi connectivity index (χ0) is 30.3. The summed E-state index contributed by atoms with van der Waals surface area (Å²) in [6.07, 6.45) is 0.533. The average molecular weight is 592 g/mol. The highest BCUT2D eigenvalue weighted by atomic mass is 16.4. The molecule has 1 aromatic carbocycles. The second-order valence-corrected chi connectivity index (χ2v) is 11.4. The normalized spacial score (nSPS) is 25.5. The molecule has 3 aliphatic heterocycles. The molecule has 12 N–H and O–H groups in total. The average Bonchev–Trinajstić information content (AvgIpc) is 2.94. The highest BCUT2D eigenvalue weighted by molar-refractivity contribution is 5.84. The summed E-state index contributed by atoms with van der Waals surface area (Å²) in [5, 5.41) is 45.5. The first-order valence-electron chi connectivity index (χ1n) is 14.8. The Morgan fingerprint density at radius 2 is 1.21 bits per heavy atom. The summed E-state index contributed by atoms with van der Waals surface area (Å²) >= 11 is 0. The molecule has 14 heteroatoms. The molecule has 0 radical (unpaired) electrons. The topological polar surface area (TPSA) is 214 Å². The molecular weight excluding hydrogens is 542 g/mol. The van der Waals surface area contributed by atoms with Gasteiger partial charge in [-0.1, -0.05) is 12.1 Å². The number of nitrogens with two attached hydrogens (primary N) is 1. The lowest BCUT2D eigenvalue weighted by Crippen LogP contribution is -2.67. The molecule has 42 heavy (non-hydrogen) atoms. The van der Waals surface area contributed by atoms with Crippen LogP contribution in [0.3, 0.4) is 0 Å². The molecule has 0 aliphatic carbocycles. The molecule has 3 heterocycles. The molecule has 14 nitrogen and oxygen atoms in total. The Kier molecular flexibility index (Phi) is 13.9. The van der Waals surface area contributed by atoms with E-state index >= 15 is 0 Å². The van der Waals surface area contributed by atoms with Gasteiger partial charge in [0, 0.05) is 97.8 Å². The number of nitrogens with one attached hydrogen (secondary N) is 8. The standard InChI is InChI=1S/C28H49N9O5/c29-27-15-30-8-11-33-18-28(19-34-12-9-31-16-27,20-35-13-10-32-17-27)37-25(40)3-1-2-24(39)36-23(26(41)42)14-21-4-6-22(38)7-5-21/h4-7,23,30-35,38H,1-3,8-20,29H2,(H,36,39)(H,37,40)(H,41,42)/t23?,27-,28+. The highest BCUT2D eigenvalue weighted by Crippen LogP contribution is 2.12. The number of carbonyl (C=O) groups excluding carboxylic acids is 2. The molecule has 1 aromatic rings. The zero-order valence-electron chi connectivity index (χ0n) is 24.4. The highest BCUT2D eigenvalue weighted by Gasteiger charge is 2.32. The molecule has 1 atom stereocenters. The number of hydrogen-bond acceptors (Lipinski definition) is 11. The minimum atomic E-state index is -1.15. The Labute approximate surface area is 247 Å². The van der Waals surface area contributed by atoms with E-state index in [1.54, 1.807) is 12.1 Å². The molecule has 2 bridgehead atoms.